The number of hydrogen-bond donors (Lipinski definition) is 1. The summed E-state index contributed by atoms with van der Waals surface area (Å²) >= 11 is 0. The van der Waals surface area contributed by atoms with Crippen LogP contribution in [-0.4, -0.2) is 44.1 Å². The summed E-state index contributed by atoms with van der Waals surface area (Å²) in [6.45, 7) is 0.868. The first-order valence-electron chi connectivity index (χ1n) is 11.1. The first-order valence-corrected chi connectivity index (χ1v) is 11.1. The maximum Gasteiger partial charge on any atom is 0.254 e. The van der Waals surface area contributed by atoms with E-state index in [-0.39, 0.29) is 24.2 Å². The Bertz CT molecular complexity index is 1170. The highest BCUT2D eigenvalue weighted by Gasteiger charge is 2.43. The minimum absolute atomic E-state index is 0.184. The molecule has 3 aromatic rings. The van der Waals surface area contributed by atoms with E-state index in [9.17, 15) is 14.0 Å². The molecular weight excluding hydrogens is 435 g/mol. The van der Waals surface area contributed by atoms with Gasteiger partial charge in [-0.2, -0.15) is 0 Å². The maximum atomic E-state index is 13.7. The third kappa shape index (κ3) is 4.65. The molecule has 0 fully saturated rings. The molecule has 0 spiro atoms. The molecule has 0 saturated carbocycles. The molecule has 1 aliphatic heterocycles. The molecule has 7 heteroatoms. The summed E-state index contributed by atoms with van der Waals surface area (Å²) < 4.78 is 24.4. The fourth-order valence-electron chi connectivity index (χ4n) is 4.48. The van der Waals surface area contributed by atoms with Gasteiger partial charge in [0.05, 0.1) is 25.7 Å². The highest BCUT2D eigenvalue weighted by atomic mass is 19.1. The van der Waals surface area contributed by atoms with Crippen molar-refractivity contribution in [1.29, 1.82) is 0 Å². The van der Waals surface area contributed by atoms with Gasteiger partial charge in [-0.3, -0.25) is 9.59 Å². The Hall–Kier alpha value is -3.71. The van der Waals surface area contributed by atoms with E-state index in [1.807, 2.05) is 36.4 Å². The summed E-state index contributed by atoms with van der Waals surface area (Å²) in [6.07, 6.45) is 0. The van der Waals surface area contributed by atoms with Crippen molar-refractivity contribution in [2.75, 3.05) is 27.4 Å². The minimum atomic E-state index is -0.689. The van der Waals surface area contributed by atoms with Crippen LogP contribution in [0.4, 0.5) is 4.39 Å². The lowest BCUT2D eigenvalue weighted by atomic mass is 9.79. The number of ether oxygens (including phenoxy) is 2. The zero-order valence-corrected chi connectivity index (χ0v) is 19.2. The van der Waals surface area contributed by atoms with Gasteiger partial charge in [0.25, 0.3) is 5.91 Å². The summed E-state index contributed by atoms with van der Waals surface area (Å²) in [4.78, 5) is 28.8. The van der Waals surface area contributed by atoms with Gasteiger partial charge < -0.3 is 19.7 Å². The van der Waals surface area contributed by atoms with Gasteiger partial charge in [0.2, 0.25) is 5.91 Å². The predicted molar refractivity (Wildman–Crippen MR) is 126 cm³/mol. The summed E-state index contributed by atoms with van der Waals surface area (Å²) in [5.41, 5.74) is 2.65. The molecule has 3 aromatic carbocycles. The van der Waals surface area contributed by atoms with Crippen LogP contribution < -0.4 is 10.1 Å². The number of carbonyl (C=O) groups excluding carboxylic acids is 2. The number of carbonyl (C=O) groups is 2. The zero-order chi connectivity index (χ0) is 24.1. The Kier molecular flexibility index (Phi) is 7.23. The van der Waals surface area contributed by atoms with Crippen LogP contribution in [0.25, 0.3) is 0 Å². The van der Waals surface area contributed by atoms with Crippen molar-refractivity contribution in [3.05, 3.63) is 101 Å². The van der Waals surface area contributed by atoms with E-state index in [2.05, 4.69) is 5.32 Å². The number of amides is 2. The van der Waals surface area contributed by atoms with Crippen molar-refractivity contribution >= 4 is 11.8 Å². The van der Waals surface area contributed by atoms with Gasteiger partial charge in [-0.05, 0) is 35.4 Å². The lowest BCUT2D eigenvalue weighted by Crippen LogP contribution is -2.48. The molecule has 176 valence electrons. The highest BCUT2D eigenvalue weighted by Crippen LogP contribution is 2.42. The standard InChI is InChI=1S/C27H27FN2O4/c1-33-16-15-30-25(18-11-13-20(28)14-12-18)24(21-8-4-5-9-22(21)27(30)32)26(31)29-17-19-7-3-6-10-23(19)34-2/h3-14,24-25H,15-17H2,1-2H3,(H,29,31)/t24-,25+/m1/s1. The third-order valence-corrected chi connectivity index (χ3v) is 6.11. The largest absolute Gasteiger partial charge is 0.496 e. The molecule has 0 unspecified atom stereocenters. The van der Waals surface area contributed by atoms with Gasteiger partial charge in [0, 0.05) is 31.3 Å². The number of nitrogens with one attached hydrogen (secondary N) is 1. The van der Waals surface area contributed by atoms with Crippen molar-refractivity contribution in [2.24, 2.45) is 0 Å². The lowest BCUT2D eigenvalue weighted by Gasteiger charge is -2.41. The first kappa shape index (κ1) is 23.4. The number of hydrogen-bond acceptors (Lipinski definition) is 4. The van der Waals surface area contributed by atoms with Crippen LogP contribution >= 0.6 is 0 Å². The molecule has 4 rings (SSSR count). The highest BCUT2D eigenvalue weighted by molar-refractivity contribution is 6.01. The molecule has 34 heavy (non-hydrogen) atoms. The third-order valence-electron chi connectivity index (χ3n) is 6.11. The zero-order valence-electron chi connectivity index (χ0n) is 19.2. The van der Waals surface area contributed by atoms with Crippen molar-refractivity contribution in [3.63, 3.8) is 0 Å². The average Bonchev–Trinajstić information content (AvgIpc) is 2.87. The van der Waals surface area contributed by atoms with Crippen molar-refractivity contribution in [2.45, 2.75) is 18.5 Å². The summed E-state index contributed by atoms with van der Waals surface area (Å²) in [5.74, 6) is -0.810. The number of methoxy groups -OCH3 is 2. The molecule has 0 saturated heterocycles. The van der Waals surface area contributed by atoms with Crippen LogP contribution in [0.1, 0.15) is 39.0 Å². The summed E-state index contributed by atoms with van der Waals surface area (Å²) in [7, 11) is 3.15. The van der Waals surface area contributed by atoms with Crippen LogP contribution in [0.2, 0.25) is 0 Å². The van der Waals surface area contributed by atoms with E-state index < -0.39 is 12.0 Å². The van der Waals surface area contributed by atoms with Crippen molar-refractivity contribution < 1.29 is 23.5 Å². The normalized spacial score (nSPS) is 17.3. The van der Waals surface area contributed by atoms with E-state index in [1.165, 1.54) is 12.1 Å². The van der Waals surface area contributed by atoms with Crippen molar-refractivity contribution in [3.8, 4) is 5.75 Å². The van der Waals surface area contributed by atoms with Crippen LogP contribution in [0.3, 0.4) is 0 Å². The number of nitrogens with zero attached hydrogens (tertiary/aromatic N) is 1. The van der Waals surface area contributed by atoms with E-state index in [0.717, 1.165) is 5.56 Å². The van der Waals surface area contributed by atoms with Crippen LogP contribution in [0.5, 0.6) is 5.75 Å². The molecule has 0 aliphatic carbocycles. The second kappa shape index (κ2) is 10.5. The number of rotatable bonds is 8. The van der Waals surface area contributed by atoms with E-state index >= 15 is 0 Å². The molecular formula is C27H27FN2O4. The SMILES string of the molecule is COCCN1C(=O)c2ccccc2[C@@H](C(=O)NCc2ccccc2OC)[C@@H]1c1ccc(F)cc1. The van der Waals surface area contributed by atoms with Gasteiger partial charge in [-0.15, -0.1) is 0 Å². The van der Waals surface area contributed by atoms with Crippen LogP contribution in [-0.2, 0) is 16.1 Å². The minimum Gasteiger partial charge on any atom is -0.496 e. The predicted octanol–water partition coefficient (Wildman–Crippen LogP) is 4.08. The van der Waals surface area contributed by atoms with Gasteiger partial charge in [-0.25, -0.2) is 4.39 Å². The topological polar surface area (TPSA) is 67.9 Å². The molecule has 1 aliphatic rings. The van der Waals surface area contributed by atoms with Crippen molar-refractivity contribution in [1.82, 2.24) is 10.2 Å². The molecule has 1 heterocycles. The fraction of sp³-hybridized carbons (Fsp3) is 0.259. The average molecular weight is 463 g/mol. The van der Waals surface area contributed by atoms with E-state index in [1.54, 1.807) is 43.4 Å². The Morgan fingerprint density at radius 2 is 1.71 bits per heavy atom. The first-order chi connectivity index (χ1) is 16.5. The second-order valence-corrected chi connectivity index (χ2v) is 8.08. The fourth-order valence-corrected chi connectivity index (χ4v) is 4.48. The second-order valence-electron chi connectivity index (χ2n) is 8.08. The van der Waals surface area contributed by atoms with Crippen LogP contribution in [0, 0.1) is 5.82 Å². The molecule has 0 aromatic heterocycles. The number of fused-ring (bicyclic) bond motifs is 1. The van der Waals surface area contributed by atoms with Gasteiger partial charge in [0.15, 0.2) is 0 Å². The lowest BCUT2D eigenvalue weighted by molar-refractivity contribution is -0.124. The Labute approximate surface area is 198 Å². The molecule has 2 amide bonds. The molecule has 0 radical (unpaired) electrons. The molecule has 2 atom stereocenters. The van der Waals surface area contributed by atoms with Gasteiger partial charge in [-0.1, -0.05) is 48.5 Å². The van der Waals surface area contributed by atoms with E-state index in [0.29, 0.717) is 35.6 Å². The Morgan fingerprint density at radius 1 is 1.00 bits per heavy atom. The van der Waals surface area contributed by atoms with Crippen LogP contribution in [0.15, 0.2) is 72.8 Å². The molecule has 0 bridgehead atoms. The number of para-hydroxylation sites is 1. The Morgan fingerprint density at radius 3 is 2.44 bits per heavy atom. The number of halogens is 1. The van der Waals surface area contributed by atoms with Gasteiger partial charge >= 0.3 is 0 Å². The summed E-state index contributed by atoms with van der Waals surface area (Å²) in [6, 6.07) is 20.0. The summed E-state index contributed by atoms with van der Waals surface area (Å²) in [5, 5.41) is 3.02. The van der Waals surface area contributed by atoms with Gasteiger partial charge in [0.1, 0.15) is 11.6 Å². The van der Waals surface area contributed by atoms with E-state index in [4.69, 9.17) is 9.47 Å². The molecule has 6 nitrogen and oxygen atoms in total. The molecule has 1 N–H and O–H groups in total. The number of benzene rings is 3. The Balaban J connectivity index is 1.75. The maximum absolute atomic E-state index is 13.7. The quantitative estimate of drug-likeness (QED) is 0.548. The smallest absolute Gasteiger partial charge is 0.254 e. The monoisotopic (exact) mass is 462 g/mol.